The Hall–Kier alpha value is -2.48. The molecular formula is C25H29N3O3S. The van der Waals surface area contributed by atoms with Crippen LogP contribution in [0.4, 0.5) is 5.82 Å². The van der Waals surface area contributed by atoms with E-state index in [9.17, 15) is 4.79 Å². The third kappa shape index (κ3) is 4.51. The number of carbonyl (C=O) groups is 1. The Labute approximate surface area is 192 Å². The predicted octanol–water partition coefficient (Wildman–Crippen LogP) is 4.49. The summed E-state index contributed by atoms with van der Waals surface area (Å²) >= 11 is 1.73. The van der Waals surface area contributed by atoms with Crippen molar-refractivity contribution >= 4 is 33.1 Å². The molecule has 2 aromatic heterocycles. The Morgan fingerprint density at radius 2 is 1.97 bits per heavy atom. The highest BCUT2D eigenvalue weighted by Crippen LogP contribution is 2.34. The molecule has 2 aliphatic heterocycles. The van der Waals surface area contributed by atoms with Crippen molar-refractivity contribution in [1.29, 1.82) is 0 Å². The van der Waals surface area contributed by atoms with Crippen LogP contribution in [-0.4, -0.2) is 55.4 Å². The van der Waals surface area contributed by atoms with Crippen molar-refractivity contribution in [2.24, 2.45) is 0 Å². The second-order valence-electron chi connectivity index (χ2n) is 9.09. The quantitative estimate of drug-likeness (QED) is 0.633. The van der Waals surface area contributed by atoms with Gasteiger partial charge in [-0.15, -0.1) is 11.3 Å². The summed E-state index contributed by atoms with van der Waals surface area (Å²) in [5.74, 6) is 0.677. The van der Waals surface area contributed by atoms with Crippen LogP contribution >= 0.6 is 11.3 Å². The number of nitrogens with one attached hydrogen (secondary N) is 1. The first-order valence-corrected chi connectivity index (χ1v) is 12.1. The van der Waals surface area contributed by atoms with Gasteiger partial charge in [0.15, 0.2) is 0 Å². The lowest BCUT2D eigenvalue weighted by molar-refractivity contribution is -0.0615. The first-order valence-electron chi connectivity index (χ1n) is 11.3. The number of rotatable bonds is 4. The van der Waals surface area contributed by atoms with E-state index in [0.717, 1.165) is 42.3 Å². The van der Waals surface area contributed by atoms with Crippen molar-refractivity contribution in [3.63, 3.8) is 0 Å². The topological polar surface area (TPSA) is 63.7 Å². The fraction of sp³-hybridized carbons (Fsp3) is 0.440. The van der Waals surface area contributed by atoms with Gasteiger partial charge in [-0.2, -0.15) is 0 Å². The van der Waals surface area contributed by atoms with E-state index < -0.39 is 0 Å². The van der Waals surface area contributed by atoms with E-state index in [2.05, 4.69) is 54.4 Å². The first-order chi connectivity index (χ1) is 15.5. The number of thiophene rings is 1. The normalized spacial score (nSPS) is 20.9. The van der Waals surface area contributed by atoms with Crippen molar-refractivity contribution in [2.75, 3.05) is 37.8 Å². The average Bonchev–Trinajstić information content (AvgIpc) is 3.23. The molecule has 3 aromatic rings. The monoisotopic (exact) mass is 451 g/mol. The summed E-state index contributed by atoms with van der Waals surface area (Å²) < 4.78 is 12.6. The molecule has 0 aliphatic carbocycles. The third-order valence-electron chi connectivity index (χ3n) is 6.14. The number of nitrogens with zero attached hydrogens (tertiary/aromatic N) is 2. The third-order valence-corrected chi connectivity index (χ3v) is 7.28. The zero-order valence-electron chi connectivity index (χ0n) is 18.6. The number of aromatic nitrogens is 1. The lowest BCUT2D eigenvalue weighted by Crippen LogP contribution is -2.46. The maximum absolute atomic E-state index is 13.3. The number of morpholine rings is 1. The molecule has 32 heavy (non-hydrogen) atoms. The molecule has 0 spiro atoms. The SMILES string of the molecule is CC1(C)CC(NC(=O)c2ccc(-c3cc4ccccc4s3)nc2N2CCOCC2)CCO1. The minimum absolute atomic E-state index is 0.0652. The highest BCUT2D eigenvalue weighted by atomic mass is 32.1. The van der Waals surface area contributed by atoms with E-state index in [4.69, 9.17) is 14.5 Å². The molecule has 1 N–H and O–H groups in total. The summed E-state index contributed by atoms with van der Waals surface area (Å²) in [5.41, 5.74) is 1.31. The Morgan fingerprint density at radius 3 is 2.75 bits per heavy atom. The number of fused-ring (bicyclic) bond motifs is 1. The van der Waals surface area contributed by atoms with E-state index in [1.54, 1.807) is 11.3 Å². The smallest absolute Gasteiger partial charge is 0.255 e. The van der Waals surface area contributed by atoms with E-state index in [1.807, 2.05) is 12.1 Å². The zero-order valence-corrected chi connectivity index (χ0v) is 19.4. The number of benzene rings is 1. The van der Waals surface area contributed by atoms with Gasteiger partial charge >= 0.3 is 0 Å². The van der Waals surface area contributed by atoms with Gasteiger partial charge in [0.1, 0.15) is 5.82 Å². The molecule has 1 atom stereocenters. The lowest BCUT2D eigenvalue weighted by Gasteiger charge is -2.36. The molecular weight excluding hydrogens is 422 g/mol. The van der Waals surface area contributed by atoms with Gasteiger partial charge in [0.2, 0.25) is 0 Å². The summed E-state index contributed by atoms with van der Waals surface area (Å²) in [5, 5.41) is 4.45. The average molecular weight is 452 g/mol. The van der Waals surface area contributed by atoms with Crippen LogP contribution in [-0.2, 0) is 9.47 Å². The highest BCUT2D eigenvalue weighted by molar-refractivity contribution is 7.22. The van der Waals surface area contributed by atoms with Gasteiger partial charge in [-0.3, -0.25) is 4.79 Å². The lowest BCUT2D eigenvalue weighted by atomic mass is 9.93. The molecule has 168 valence electrons. The fourth-order valence-electron chi connectivity index (χ4n) is 4.51. The molecule has 2 aliphatic rings. The standard InChI is InChI=1S/C25H29N3O3S/c1-25(2)16-18(9-12-31-25)26-24(29)19-7-8-20(27-23(19)28-10-13-30-14-11-28)22-15-17-5-3-4-6-21(17)32-22/h3-8,15,18H,9-14,16H2,1-2H3,(H,26,29). The van der Waals surface area contributed by atoms with Crippen molar-refractivity contribution in [1.82, 2.24) is 10.3 Å². The molecule has 5 rings (SSSR count). The fourth-order valence-corrected chi connectivity index (χ4v) is 5.54. The van der Waals surface area contributed by atoms with E-state index in [-0.39, 0.29) is 17.6 Å². The van der Waals surface area contributed by atoms with Gasteiger partial charge < -0.3 is 19.7 Å². The molecule has 1 aromatic carbocycles. The maximum atomic E-state index is 13.3. The molecule has 7 heteroatoms. The molecule has 0 radical (unpaired) electrons. The summed E-state index contributed by atoms with van der Waals surface area (Å²) in [6.45, 7) is 7.56. The van der Waals surface area contributed by atoms with Crippen LogP contribution in [0.1, 0.15) is 37.0 Å². The second-order valence-corrected chi connectivity index (χ2v) is 10.2. The van der Waals surface area contributed by atoms with Gasteiger partial charge in [-0.1, -0.05) is 18.2 Å². The van der Waals surface area contributed by atoms with Crippen LogP contribution in [0.5, 0.6) is 0 Å². The zero-order chi connectivity index (χ0) is 22.1. The Balaban J connectivity index is 1.46. The van der Waals surface area contributed by atoms with Gasteiger partial charge in [0.05, 0.1) is 34.9 Å². The van der Waals surface area contributed by atoms with Crippen LogP contribution < -0.4 is 10.2 Å². The van der Waals surface area contributed by atoms with Gasteiger partial charge in [0, 0.05) is 30.4 Å². The molecule has 0 saturated carbocycles. The van der Waals surface area contributed by atoms with Gasteiger partial charge in [-0.25, -0.2) is 4.98 Å². The molecule has 2 saturated heterocycles. The number of pyridine rings is 1. The van der Waals surface area contributed by atoms with Crippen LogP contribution in [0.15, 0.2) is 42.5 Å². The molecule has 6 nitrogen and oxygen atoms in total. The number of amides is 1. The summed E-state index contributed by atoms with van der Waals surface area (Å²) in [6.07, 6.45) is 1.63. The van der Waals surface area contributed by atoms with E-state index in [1.165, 1.54) is 10.1 Å². The number of ether oxygens (including phenoxy) is 2. The molecule has 4 heterocycles. The Kier molecular flexibility index (Phi) is 5.88. The van der Waals surface area contributed by atoms with E-state index in [0.29, 0.717) is 25.4 Å². The predicted molar refractivity (Wildman–Crippen MR) is 129 cm³/mol. The van der Waals surface area contributed by atoms with Gasteiger partial charge in [0.25, 0.3) is 5.91 Å². The van der Waals surface area contributed by atoms with Crippen LogP contribution in [0.2, 0.25) is 0 Å². The van der Waals surface area contributed by atoms with Crippen LogP contribution in [0.3, 0.4) is 0 Å². The summed E-state index contributed by atoms with van der Waals surface area (Å²) in [4.78, 5) is 21.6. The summed E-state index contributed by atoms with van der Waals surface area (Å²) in [7, 11) is 0. The number of carbonyl (C=O) groups excluding carboxylic acids is 1. The molecule has 2 fully saturated rings. The minimum atomic E-state index is -0.216. The largest absolute Gasteiger partial charge is 0.378 e. The van der Waals surface area contributed by atoms with Crippen molar-refractivity contribution in [3.05, 3.63) is 48.0 Å². The Morgan fingerprint density at radius 1 is 1.16 bits per heavy atom. The van der Waals surface area contributed by atoms with Crippen LogP contribution in [0.25, 0.3) is 20.7 Å². The van der Waals surface area contributed by atoms with E-state index >= 15 is 0 Å². The molecule has 1 amide bonds. The second kappa shape index (κ2) is 8.81. The first kappa shape index (κ1) is 21.4. The molecule has 0 bridgehead atoms. The molecule has 1 unspecified atom stereocenters. The maximum Gasteiger partial charge on any atom is 0.255 e. The number of hydrogen-bond acceptors (Lipinski definition) is 6. The van der Waals surface area contributed by atoms with Crippen molar-refractivity contribution in [2.45, 2.75) is 38.3 Å². The summed E-state index contributed by atoms with van der Waals surface area (Å²) in [6, 6.07) is 14.5. The number of hydrogen-bond donors (Lipinski definition) is 1. The van der Waals surface area contributed by atoms with Crippen LogP contribution in [0, 0.1) is 0 Å². The van der Waals surface area contributed by atoms with Gasteiger partial charge in [-0.05, 0) is 56.3 Å². The van der Waals surface area contributed by atoms with Crippen molar-refractivity contribution < 1.29 is 14.3 Å². The Bertz CT molecular complexity index is 1090. The minimum Gasteiger partial charge on any atom is -0.378 e. The van der Waals surface area contributed by atoms with Crippen molar-refractivity contribution in [3.8, 4) is 10.6 Å². The number of anilines is 1. The highest BCUT2D eigenvalue weighted by Gasteiger charge is 2.31.